The fourth-order valence-corrected chi connectivity index (χ4v) is 4.57. The molecule has 0 unspecified atom stereocenters. The molecule has 2 aromatic heterocycles. The number of fused-ring (bicyclic) bond motifs is 1. The highest BCUT2D eigenvalue weighted by atomic mass is 35.5. The lowest BCUT2D eigenvalue weighted by atomic mass is 10.1. The van der Waals surface area contributed by atoms with Crippen LogP contribution in [0, 0.1) is 0 Å². The molecule has 8 nitrogen and oxygen atoms in total. The predicted molar refractivity (Wildman–Crippen MR) is 137 cm³/mol. The first-order valence-electron chi connectivity index (χ1n) is 12.1. The molecule has 1 amide bonds. The van der Waals surface area contributed by atoms with Crippen LogP contribution in [-0.4, -0.2) is 63.6 Å². The monoisotopic (exact) mass is 513 g/mol. The first-order chi connectivity index (χ1) is 17.2. The summed E-state index contributed by atoms with van der Waals surface area (Å²) in [7, 11) is 1.31. The normalized spacial score (nSPS) is 17.9. The molecule has 2 atom stereocenters. The largest absolute Gasteiger partial charge is 0.488 e. The Kier molecular flexibility index (Phi) is 7.73. The molecule has 4 rings (SSSR count). The number of esters is 1. The maximum Gasteiger partial charge on any atom is 0.411 e. The molecule has 1 aliphatic rings. The van der Waals surface area contributed by atoms with Gasteiger partial charge in [0.05, 0.1) is 19.3 Å². The number of alkyl halides is 1. The van der Waals surface area contributed by atoms with Crippen molar-refractivity contribution in [3.63, 3.8) is 0 Å². The summed E-state index contributed by atoms with van der Waals surface area (Å²) in [6, 6.07) is 13.0. The Morgan fingerprint density at radius 1 is 1.17 bits per heavy atom. The lowest BCUT2D eigenvalue weighted by Gasteiger charge is -2.27. The molecule has 9 heteroatoms. The van der Waals surface area contributed by atoms with Crippen LogP contribution in [-0.2, 0) is 20.7 Å². The lowest BCUT2D eigenvalue weighted by molar-refractivity contribution is -0.145. The molecule has 192 valence electrons. The summed E-state index contributed by atoms with van der Waals surface area (Å²) < 4.78 is 18.8. The molecule has 0 saturated carbocycles. The number of carbonyl (C=O) groups excluding carboxylic acids is 2. The average Bonchev–Trinajstić information content (AvgIpc) is 3.45. The van der Waals surface area contributed by atoms with E-state index in [1.165, 1.54) is 12.0 Å². The number of hydrogen-bond acceptors (Lipinski definition) is 6. The first-order valence-corrected chi connectivity index (χ1v) is 12.6. The van der Waals surface area contributed by atoms with E-state index in [9.17, 15) is 9.59 Å². The number of ether oxygens (including phenoxy) is 3. The van der Waals surface area contributed by atoms with Crippen molar-refractivity contribution in [2.45, 2.75) is 57.8 Å². The average molecular weight is 514 g/mol. The van der Waals surface area contributed by atoms with E-state index in [0.29, 0.717) is 18.1 Å². The zero-order valence-corrected chi connectivity index (χ0v) is 21.8. The summed E-state index contributed by atoms with van der Waals surface area (Å²) in [6.07, 6.45) is 2.95. The summed E-state index contributed by atoms with van der Waals surface area (Å²) in [5.41, 5.74) is 3.25. The summed E-state index contributed by atoms with van der Waals surface area (Å²) in [5, 5.41) is 0. The number of methoxy groups -OCH3 is 1. The van der Waals surface area contributed by atoms with Crippen LogP contribution >= 0.6 is 11.6 Å². The van der Waals surface area contributed by atoms with E-state index in [4.69, 9.17) is 25.8 Å². The van der Waals surface area contributed by atoms with Crippen molar-refractivity contribution >= 4 is 29.3 Å². The highest BCUT2D eigenvalue weighted by Gasteiger charge is 2.43. The number of likely N-dealkylation sites (tertiary alicyclic amines) is 1. The quantitative estimate of drug-likeness (QED) is 0.323. The molecule has 3 aromatic rings. The maximum absolute atomic E-state index is 12.8. The number of rotatable bonds is 7. The number of halogens is 1. The second-order valence-electron chi connectivity index (χ2n) is 9.82. The highest BCUT2D eigenvalue weighted by molar-refractivity contribution is 6.17. The van der Waals surface area contributed by atoms with E-state index in [2.05, 4.69) is 9.38 Å². The fourth-order valence-electron chi connectivity index (χ4n) is 4.43. The van der Waals surface area contributed by atoms with Gasteiger partial charge in [-0.2, -0.15) is 0 Å². The minimum absolute atomic E-state index is 0.221. The Bertz CT molecular complexity index is 1240. The van der Waals surface area contributed by atoms with Gasteiger partial charge in [0.2, 0.25) is 0 Å². The third kappa shape index (κ3) is 5.75. The summed E-state index contributed by atoms with van der Waals surface area (Å²) in [4.78, 5) is 31.1. The number of pyridine rings is 1. The van der Waals surface area contributed by atoms with Gasteiger partial charge in [-0.05, 0) is 57.9 Å². The molecule has 3 heterocycles. The van der Waals surface area contributed by atoms with Crippen molar-refractivity contribution in [1.29, 1.82) is 0 Å². The fraction of sp³-hybridized carbons (Fsp3) is 0.444. The van der Waals surface area contributed by atoms with Gasteiger partial charge in [-0.25, -0.2) is 14.6 Å². The third-order valence-corrected chi connectivity index (χ3v) is 6.23. The van der Waals surface area contributed by atoms with Crippen LogP contribution in [0.3, 0.4) is 0 Å². The SMILES string of the molecule is COC(=O)[C@@H]1C[C@H](Oc2cccc(-c3cccc4ncc(CCCCl)n34)c2)CN1C(=O)OC(C)(C)C. The number of imidazole rings is 1. The van der Waals surface area contributed by atoms with Gasteiger partial charge < -0.3 is 14.2 Å². The number of aryl methyl sites for hydroxylation is 1. The van der Waals surface area contributed by atoms with Crippen LogP contribution in [0.15, 0.2) is 48.7 Å². The Morgan fingerprint density at radius 3 is 2.67 bits per heavy atom. The standard InChI is InChI=1S/C27H32ClN3O5/c1-27(2,3)36-26(33)30-17-21(15-23(30)25(32)34-4)35-20-10-5-8-18(14-20)22-11-6-12-24-29-16-19(31(22)24)9-7-13-28/h5-6,8,10-12,14,16,21,23H,7,9,13,15,17H2,1-4H3/t21-,23-/m0/s1. The van der Waals surface area contributed by atoms with E-state index in [-0.39, 0.29) is 12.6 Å². The molecule has 0 spiro atoms. The van der Waals surface area contributed by atoms with Crippen LogP contribution in [0.1, 0.15) is 39.3 Å². The van der Waals surface area contributed by atoms with E-state index in [1.54, 1.807) is 20.8 Å². The summed E-state index contributed by atoms with van der Waals surface area (Å²) in [6.45, 7) is 5.58. The molecule has 1 aliphatic heterocycles. The van der Waals surface area contributed by atoms with Crippen LogP contribution in [0.2, 0.25) is 0 Å². The Morgan fingerprint density at radius 2 is 1.94 bits per heavy atom. The highest BCUT2D eigenvalue weighted by Crippen LogP contribution is 2.30. The number of nitrogens with zero attached hydrogens (tertiary/aromatic N) is 3. The van der Waals surface area contributed by atoms with Crippen molar-refractivity contribution in [3.8, 4) is 17.0 Å². The Labute approximate surface area is 216 Å². The van der Waals surface area contributed by atoms with E-state index in [0.717, 1.165) is 35.4 Å². The van der Waals surface area contributed by atoms with Gasteiger partial charge in [-0.15, -0.1) is 11.6 Å². The van der Waals surface area contributed by atoms with Gasteiger partial charge in [0, 0.05) is 29.8 Å². The van der Waals surface area contributed by atoms with Crippen LogP contribution in [0.25, 0.3) is 16.9 Å². The minimum Gasteiger partial charge on any atom is -0.488 e. The third-order valence-electron chi connectivity index (χ3n) is 5.97. The van der Waals surface area contributed by atoms with Gasteiger partial charge in [0.25, 0.3) is 0 Å². The van der Waals surface area contributed by atoms with Gasteiger partial charge >= 0.3 is 12.1 Å². The van der Waals surface area contributed by atoms with Gasteiger partial charge in [0.15, 0.2) is 0 Å². The van der Waals surface area contributed by atoms with E-state index < -0.39 is 23.7 Å². The number of carbonyl (C=O) groups is 2. The number of hydrogen-bond donors (Lipinski definition) is 0. The predicted octanol–water partition coefficient (Wildman–Crippen LogP) is 5.10. The number of benzene rings is 1. The smallest absolute Gasteiger partial charge is 0.411 e. The van der Waals surface area contributed by atoms with Crippen LogP contribution < -0.4 is 4.74 Å². The number of aromatic nitrogens is 2. The van der Waals surface area contributed by atoms with E-state index >= 15 is 0 Å². The molecule has 0 N–H and O–H groups in total. The van der Waals surface area contributed by atoms with Crippen molar-refractivity contribution in [1.82, 2.24) is 14.3 Å². The molecule has 1 aromatic carbocycles. The van der Waals surface area contributed by atoms with Gasteiger partial charge in [-0.3, -0.25) is 9.30 Å². The molecule has 0 bridgehead atoms. The van der Waals surface area contributed by atoms with Crippen molar-refractivity contribution in [3.05, 3.63) is 54.4 Å². The molecule has 0 aliphatic carbocycles. The van der Waals surface area contributed by atoms with E-state index in [1.807, 2.05) is 48.7 Å². The maximum atomic E-state index is 12.8. The van der Waals surface area contributed by atoms with Crippen molar-refractivity contribution in [2.75, 3.05) is 19.5 Å². The van der Waals surface area contributed by atoms with Crippen molar-refractivity contribution < 1.29 is 23.8 Å². The first kappa shape index (κ1) is 25.8. The summed E-state index contributed by atoms with van der Waals surface area (Å²) >= 11 is 5.92. The topological polar surface area (TPSA) is 82.4 Å². The summed E-state index contributed by atoms with van der Waals surface area (Å²) in [5.74, 6) is 0.746. The lowest BCUT2D eigenvalue weighted by Crippen LogP contribution is -2.44. The second kappa shape index (κ2) is 10.8. The molecule has 1 fully saturated rings. The van der Waals surface area contributed by atoms with Gasteiger partial charge in [-0.1, -0.05) is 18.2 Å². The van der Waals surface area contributed by atoms with Gasteiger partial charge in [0.1, 0.15) is 29.1 Å². The molecular formula is C27H32ClN3O5. The molecule has 36 heavy (non-hydrogen) atoms. The molecular weight excluding hydrogens is 482 g/mol. The number of amides is 1. The Balaban J connectivity index is 1.57. The zero-order chi connectivity index (χ0) is 25.9. The van der Waals surface area contributed by atoms with Crippen molar-refractivity contribution in [2.24, 2.45) is 0 Å². The molecule has 0 radical (unpaired) electrons. The Hall–Kier alpha value is -3.26. The zero-order valence-electron chi connectivity index (χ0n) is 21.1. The molecule has 1 saturated heterocycles. The second-order valence-corrected chi connectivity index (χ2v) is 10.2. The van der Waals surface area contributed by atoms with Crippen LogP contribution in [0.4, 0.5) is 4.79 Å². The minimum atomic E-state index is -0.762. The van der Waals surface area contributed by atoms with Crippen LogP contribution in [0.5, 0.6) is 5.75 Å².